The van der Waals surface area contributed by atoms with Crippen LogP contribution in [0.5, 0.6) is 0 Å². The average Bonchev–Trinajstić information content (AvgIpc) is 2.59. The first kappa shape index (κ1) is 9.45. The molecule has 0 spiro atoms. The fourth-order valence-electron chi connectivity index (χ4n) is 1.65. The maximum atomic E-state index is 11.4. The van der Waals surface area contributed by atoms with Crippen LogP contribution in [0, 0.1) is 0 Å². The van der Waals surface area contributed by atoms with Crippen LogP contribution in [-0.2, 0) is 11.8 Å². The van der Waals surface area contributed by atoms with Crippen molar-refractivity contribution >= 4 is 22.7 Å². The molecule has 76 valence electrons. The van der Waals surface area contributed by atoms with Crippen molar-refractivity contribution in [1.82, 2.24) is 4.57 Å². The van der Waals surface area contributed by atoms with Crippen LogP contribution in [0.3, 0.4) is 0 Å². The zero-order valence-electron chi connectivity index (χ0n) is 8.10. The normalized spacial score (nSPS) is 10.5. The average molecular weight is 203 g/mol. The van der Waals surface area contributed by atoms with Gasteiger partial charge in [-0.25, -0.2) is 4.79 Å². The second-order valence-corrected chi connectivity index (χ2v) is 3.30. The smallest absolute Gasteiger partial charge is 0.377 e. The van der Waals surface area contributed by atoms with E-state index in [2.05, 4.69) is 0 Å². The first-order valence-corrected chi connectivity index (χ1v) is 4.43. The van der Waals surface area contributed by atoms with E-state index in [1.54, 1.807) is 23.9 Å². The summed E-state index contributed by atoms with van der Waals surface area (Å²) in [5.41, 5.74) is 0.886. The van der Waals surface area contributed by atoms with E-state index in [0.29, 0.717) is 5.52 Å². The molecule has 0 saturated carbocycles. The van der Waals surface area contributed by atoms with Crippen molar-refractivity contribution in [2.75, 3.05) is 0 Å². The molecule has 1 aromatic heterocycles. The van der Waals surface area contributed by atoms with E-state index < -0.39 is 11.8 Å². The summed E-state index contributed by atoms with van der Waals surface area (Å²) in [7, 11) is 1.78. The largest absolute Gasteiger partial charge is 0.475 e. The van der Waals surface area contributed by atoms with E-state index >= 15 is 0 Å². The van der Waals surface area contributed by atoms with Gasteiger partial charge in [0.05, 0.1) is 11.1 Å². The standard InChI is InChI=1S/C11H9NO3/c1-12-6-5-7-3-2-4-8(9(7)12)10(13)11(14)15/h2-6H,1H3,(H,14,15). The predicted molar refractivity (Wildman–Crippen MR) is 54.9 cm³/mol. The number of aliphatic carboxylic acids is 1. The van der Waals surface area contributed by atoms with Gasteiger partial charge in [0, 0.05) is 18.6 Å². The molecule has 0 amide bonds. The summed E-state index contributed by atoms with van der Waals surface area (Å²) in [4.78, 5) is 22.0. The van der Waals surface area contributed by atoms with Crippen LogP contribution in [-0.4, -0.2) is 21.4 Å². The number of para-hydroxylation sites is 1. The first-order chi connectivity index (χ1) is 7.11. The molecule has 0 atom stereocenters. The number of fused-ring (bicyclic) bond motifs is 1. The minimum atomic E-state index is -1.43. The number of rotatable bonds is 2. The molecule has 15 heavy (non-hydrogen) atoms. The SMILES string of the molecule is Cn1ccc2cccc(C(=O)C(=O)O)c21. The Hall–Kier alpha value is -2.10. The van der Waals surface area contributed by atoms with Gasteiger partial charge in [-0.15, -0.1) is 0 Å². The third-order valence-electron chi connectivity index (χ3n) is 2.34. The number of carboxylic acid groups (broad SMARTS) is 1. The highest BCUT2D eigenvalue weighted by molar-refractivity contribution is 6.42. The predicted octanol–water partition coefficient (Wildman–Crippen LogP) is 1.45. The highest BCUT2D eigenvalue weighted by Crippen LogP contribution is 2.19. The number of carbonyl (C=O) groups excluding carboxylic acids is 1. The molecule has 1 heterocycles. The number of hydrogen-bond acceptors (Lipinski definition) is 2. The second-order valence-electron chi connectivity index (χ2n) is 3.30. The van der Waals surface area contributed by atoms with Gasteiger partial charge < -0.3 is 9.67 Å². The molecule has 0 radical (unpaired) electrons. The third-order valence-corrected chi connectivity index (χ3v) is 2.34. The van der Waals surface area contributed by atoms with Crippen molar-refractivity contribution < 1.29 is 14.7 Å². The maximum absolute atomic E-state index is 11.4. The molecular formula is C11H9NO3. The van der Waals surface area contributed by atoms with Crippen LogP contribution >= 0.6 is 0 Å². The lowest BCUT2D eigenvalue weighted by atomic mass is 10.1. The molecule has 1 N–H and O–H groups in total. The molecule has 0 aliphatic carbocycles. The van der Waals surface area contributed by atoms with E-state index in [1.165, 1.54) is 6.07 Å². The van der Waals surface area contributed by atoms with E-state index in [4.69, 9.17) is 5.11 Å². The molecule has 0 aliphatic heterocycles. The number of ketones is 1. The summed E-state index contributed by atoms with van der Waals surface area (Å²) in [6.45, 7) is 0. The number of aryl methyl sites for hydroxylation is 1. The van der Waals surface area contributed by atoms with Crippen molar-refractivity contribution in [3.63, 3.8) is 0 Å². The Labute approximate surface area is 85.7 Å². The van der Waals surface area contributed by atoms with E-state index in [-0.39, 0.29) is 5.56 Å². The van der Waals surface area contributed by atoms with Crippen molar-refractivity contribution in [1.29, 1.82) is 0 Å². The number of aromatic nitrogens is 1. The van der Waals surface area contributed by atoms with Crippen LogP contribution in [0.2, 0.25) is 0 Å². The van der Waals surface area contributed by atoms with E-state index in [9.17, 15) is 9.59 Å². The van der Waals surface area contributed by atoms with Gasteiger partial charge in [0.1, 0.15) is 0 Å². The minimum absolute atomic E-state index is 0.229. The zero-order valence-corrected chi connectivity index (χ0v) is 8.10. The summed E-state index contributed by atoms with van der Waals surface area (Å²) >= 11 is 0. The van der Waals surface area contributed by atoms with Crippen molar-refractivity contribution in [3.05, 3.63) is 36.0 Å². The molecule has 0 saturated heterocycles. The van der Waals surface area contributed by atoms with Gasteiger partial charge in [0.2, 0.25) is 0 Å². The van der Waals surface area contributed by atoms with Crippen molar-refractivity contribution in [3.8, 4) is 0 Å². The van der Waals surface area contributed by atoms with Gasteiger partial charge in [-0.3, -0.25) is 4.79 Å². The van der Waals surface area contributed by atoms with Gasteiger partial charge >= 0.3 is 5.97 Å². The van der Waals surface area contributed by atoms with Gasteiger partial charge in [-0.1, -0.05) is 12.1 Å². The highest BCUT2D eigenvalue weighted by atomic mass is 16.4. The van der Waals surface area contributed by atoms with Crippen molar-refractivity contribution in [2.24, 2.45) is 7.05 Å². The number of benzene rings is 1. The molecule has 4 nitrogen and oxygen atoms in total. The summed E-state index contributed by atoms with van der Waals surface area (Å²) in [5.74, 6) is -2.30. The second kappa shape index (κ2) is 3.24. The number of hydrogen-bond donors (Lipinski definition) is 1. The minimum Gasteiger partial charge on any atom is -0.475 e. The Morgan fingerprint density at radius 2 is 2.00 bits per heavy atom. The topological polar surface area (TPSA) is 59.3 Å². The van der Waals surface area contributed by atoms with Crippen LogP contribution in [0.4, 0.5) is 0 Å². The van der Waals surface area contributed by atoms with Gasteiger partial charge in [-0.05, 0) is 12.1 Å². The van der Waals surface area contributed by atoms with Gasteiger partial charge in [0.15, 0.2) is 0 Å². The molecular weight excluding hydrogens is 194 g/mol. The summed E-state index contributed by atoms with van der Waals surface area (Å²) < 4.78 is 1.74. The fraction of sp³-hybridized carbons (Fsp3) is 0.0909. The highest BCUT2D eigenvalue weighted by Gasteiger charge is 2.18. The molecule has 0 fully saturated rings. The molecule has 4 heteroatoms. The number of carbonyl (C=O) groups is 2. The Morgan fingerprint density at radius 1 is 1.27 bits per heavy atom. The number of Topliss-reactive ketones (excluding diaryl/α,β-unsaturated/α-hetero) is 1. The zero-order chi connectivity index (χ0) is 11.0. The summed E-state index contributed by atoms with van der Waals surface area (Å²) in [5, 5.41) is 9.53. The van der Waals surface area contributed by atoms with Crippen LogP contribution in [0.25, 0.3) is 10.9 Å². The van der Waals surface area contributed by atoms with Crippen LogP contribution in [0.15, 0.2) is 30.5 Å². The number of carboxylic acids is 1. The van der Waals surface area contributed by atoms with E-state index in [1.807, 2.05) is 12.1 Å². The number of nitrogens with zero attached hydrogens (tertiary/aromatic N) is 1. The Bertz CT molecular complexity index is 554. The van der Waals surface area contributed by atoms with Crippen LogP contribution < -0.4 is 0 Å². The molecule has 0 bridgehead atoms. The molecule has 0 aliphatic rings. The lowest BCUT2D eigenvalue weighted by molar-refractivity contribution is -0.131. The molecule has 1 aromatic carbocycles. The summed E-state index contributed by atoms with van der Waals surface area (Å²) in [6, 6.07) is 6.89. The van der Waals surface area contributed by atoms with E-state index in [0.717, 1.165) is 5.39 Å². The van der Waals surface area contributed by atoms with Gasteiger partial charge in [0.25, 0.3) is 5.78 Å². The molecule has 2 rings (SSSR count). The Balaban J connectivity index is 2.75. The van der Waals surface area contributed by atoms with Gasteiger partial charge in [-0.2, -0.15) is 0 Å². The lowest BCUT2D eigenvalue weighted by Gasteiger charge is -2.02. The fourth-order valence-corrected chi connectivity index (χ4v) is 1.65. The molecule has 2 aromatic rings. The quantitative estimate of drug-likeness (QED) is 0.593. The van der Waals surface area contributed by atoms with Crippen LogP contribution in [0.1, 0.15) is 10.4 Å². The monoisotopic (exact) mass is 203 g/mol. The van der Waals surface area contributed by atoms with Crippen molar-refractivity contribution in [2.45, 2.75) is 0 Å². The lowest BCUT2D eigenvalue weighted by Crippen LogP contribution is -2.13. The Kier molecular flexibility index (Phi) is 2.04. The Morgan fingerprint density at radius 3 is 2.67 bits per heavy atom. The first-order valence-electron chi connectivity index (χ1n) is 4.43. The summed E-state index contributed by atoms with van der Waals surface area (Å²) in [6.07, 6.45) is 1.79. The maximum Gasteiger partial charge on any atom is 0.377 e. The molecule has 0 unspecified atom stereocenters. The third kappa shape index (κ3) is 1.40.